The summed E-state index contributed by atoms with van der Waals surface area (Å²) >= 11 is 0. The molecule has 13 heavy (non-hydrogen) atoms. The van der Waals surface area contributed by atoms with Gasteiger partial charge in [0.15, 0.2) is 0 Å². The Labute approximate surface area is 78.1 Å². The van der Waals surface area contributed by atoms with Gasteiger partial charge < -0.3 is 4.90 Å². The van der Waals surface area contributed by atoms with E-state index in [-0.39, 0.29) is 24.7 Å². The van der Waals surface area contributed by atoms with Crippen LogP contribution in [0.4, 0.5) is 8.78 Å². The molecule has 1 aliphatic carbocycles. The number of halogens is 2. The molecule has 3 heteroatoms. The van der Waals surface area contributed by atoms with Gasteiger partial charge in [0, 0.05) is 32.0 Å². The van der Waals surface area contributed by atoms with Crippen LogP contribution in [0.25, 0.3) is 0 Å². The Bertz CT molecular complexity index is 187. The zero-order valence-electron chi connectivity index (χ0n) is 8.26. The van der Waals surface area contributed by atoms with Crippen LogP contribution in [0.15, 0.2) is 0 Å². The fourth-order valence-electron chi connectivity index (χ4n) is 2.71. The second-order valence-electron chi connectivity index (χ2n) is 4.83. The molecule has 0 aromatic carbocycles. The number of nitrogens with zero attached hydrogens (tertiary/aromatic N) is 1. The summed E-state index contributed by atoms with van der Waals surface area (Å²) in [5.74, 6) is -1.84. The van der Waals surface area contributed by atoms with Crippen molar-refractivity contribution in [3.05, 3.63) is 0 Å². The van der Waals surface area contributed by atoms with Crippen molar-refractivity contribution in [1.82, 2.24) is 4.90 Å². The number of alkyl halides is 2. The molecular weight excluding hydrogens is 172 g/mol. The first-order valence-corrected chi connectivity index (χ1v) is 5.10. The van der Waals surface area contributed by atoms with E-state index in [0.717, 1.165) is 13.1 Å². The highest BCUT2D eigenvalue weighted by molar-refractivity contribution is 4.96. The van der Waals surface area contributed by atoms with Gasteiger partial charge in [-0.15, -0.1) is 0 Å². The predicted molar refractivity (Wildman–Crippen MR) is 47.9 cm³/mol. The third kappa shape index (κ3) is 1.71. The third-order valence-corrected chi connectivity index (χ3v) is 3.46. The Balaban J connectivity index is 1.97. The van der Waals surface area contributed by atoms with Gasteiger partial charge in [-0.3, -0.25) is 0 Å². The van der Waals surface area contributed by atoms with Crippen molar-refractivity contribution >= 4 is 0 Å². The zero-order chi connectivity index (χ0) is 9.64. The average Bonchev–Trinajstić information content (AvgIpc) is 2.39. The molecule has 76 valence electrons. The topological polar surface area (TPSA) is 3.24 Å². The van der Waals surface area contributed by atoms with Crippen molar-refractivity contribution < 1.29 is 8.78 Å². The van der Waals surface area contributed by atoms with Crippen LogP contribution in [-0.4, -0.2) is 30.0 Å². The third-order valence-electron chi connectivity index (χ3n) is 3.46. The normalized spacial score (nSPS) is 38.5. The molecule has 0 amide bonds. The lowest BCUT2D eigenvalue weighted by Crippen LogP contribution is -2.30. The molecular formula is C10H17F2N. The lowest BCUT2D eigenvalue weighted by atomic mass is 10.0. The molecule has 1 heterocycles. The quantitative estimate of drug-likeness (QED) is 0.612. The summed E-state index contributed by atoms with van der Waals surface area (Å²) in [6.45, 7) is 6.05. The summed E-state index contributed by atoms with van der Waals surface area (Å²) in [4.78, 5) is 2.32. The number of fused-ring (bicyclic) bond motifs is 1. The number of rotatable bonds is 1. The summed E-state index contributed by atoms with van der Waals surface area (Å²) in [5.41, 5.74) is 0. The Morgan fingerprint density at radius 3 is 2.00 bits per heavy atom. The number of hydrogen-bond acceptors (Lipinski definition) is 1. The van der Waals surface area contributed by atoms with E-state index in [1.165, 1.54) is 0 Å². The summed E-state index contributed by atoms with van der Waals surface area (Å²) < 4.78 is 26.0. The fourth-order valence-corrected chi connectivity index (χ4v) is 2.71. The molecule has 2 aliphatic rings. The highest BCUT2D eigenvalue weighted by Crippen LogP contribution is 2.46. The fraction of sp³-hybridized carbons (Fsp3) is 1.00. The molecule has 1 nitrogen and oxygen atoms in total. The second kappa shape index (κ2) is 2.91. The van der Waals surface area contributed by atoms with Crippen molar-refractivity contribution in [1.29, 1.82) is 0 Å². The molecule has 0 aromatic heterocycles. The van der Waals surface area contributed by atoms with Gasteiger partial charge in [0.25, 0.3) is 0 Å². The van der Waals surface area contributed by atoms with Crippen LogP contribution in [0.2, 0.25) is 0 Å². The molecule has 0 spiro atoms. The van der Waals surface area contributed by atoms with Crippen molar-refractivity contribution in [3.63, 3.8) is 0 Å². The maximum atomic E-state index is 13.0. The Hall–Kier alpha value is -0.180. The predicted octanol–water partition coefficient (Wildman–Crippen LogP) is 2.37. The van der Waals surface area contributed by atoms with E-state index in [2.05, 4.69) is 18.7 Å². The SMILES string of the molecule is CC(C)N1C[C@@H]2CC(F)(F)C[C@@H]2C1. The van der Waals surface area contributed by atoms with Crippen molar-refractivity contribution in [2.45, 2.75) is 38.7 Å². The van der Waals surface area contributed by atoms with Crippen LogP contribution in [0.3, 0.4) is 0 Å². The van der Waals surface area contributed by atoms with E-state index < -0.39 is 5.92 Å². The van der Waals surface area contributed by atoms with E-state index in [4.69, 9.17) is 0 Å². The summed E-state index contributed by atoms with van der Waals surface area (Å²) in [6.07, 6.45) is 0.252. The van der Waals surface area contributed by atoms with Gasteiger partial charge in [-0.2, -0.15) is 0 Å². The van der Waals surface area contributed by atoms with E-state index in [9.17, 15) is 8.78 Å². The summed E-state index contributed by atoms with van der Waals surface area (Å²) in [6, 6.07) is 0.513. The van der Waals surface area contributed by atoms with E-state index in [1.807, 2.05) is 0 Å². The minimum absolute atomic E-state index is 0.126. The van der Waals surface area contributed by atoms with Gasteiger partial charge in [0.05, 0.1) is 0 Å². The van der Waals surface area contributed by atoms with Crippen LogP contribution in [0, 0.1) is 11.8 Å². The molecule has 2 rings (SSSR count). The molecule has 0 bridgehead atoms. The number of likely N-dealkylation sites (tertiary alicyclic amines) is 1. The highest BCUT2D eigenvalue weighted by Gasteiger charge is 2.50. The van der Waals surface area contributed by atoms with Crippen LogP contribution >= 0.6 is 0 Å². The average molecular weight is 189 g/mol. The maximum Gasteiger partial charge on any atom is 0.248 e. The van der Waals surface area contributed by atoms with E-state index in [0.29, 0.717) is 6.04 Å². The van der Waals surface area contributed by atoms with Gasteiger partial charge in [-0.25, -0.2) is 8.78 Å². The first kappa shape index (κ1) is 9.38. The molecule has 1 aliphatic heterocycles. The van der Waals surface area contributed by atoms with Gasteiger partial charge in [-0.05, 0) is 25.7 Å². The number of hydrogen-bond donors (Lipinski definition) is 0. The van der Waals surface area contributed by atoms with E-state index >= 15 is 0 Å². The lowest BCUT2D eigenvalue weighted by molar-refractivity contribution is -0.00355. The lowest BCUT2D eigenvalue weighted by Gasteiger charge is -2.22. The smallest absolute Gasteiger partial charge is 0.248 e. The van der Waals surface area contributed by atoms with Crippen molar-refractivity contribution in [2.24, 2.45) is 11.8 Å². The molecule has 2 fully saturated rings. The second-order valence-corrected chi connectivity index (χ2v) is 4.83. The minimum Gasteiger partial charge on any atom is -0.300 e. The zero-order valence-corrected chi connectivity index (χ0v) is 8.26. The molecule has 0 aromatic rings. The summed E-state index contributed by atoms with van der Waals surface area (Å²) in [7, 11) is 0. The first-order chi connectivity index (χ1) is 5.98. The Morgan fingerprint density at radius 1 is 1.15 bits per heavy atom. The first-order valence-electron chi connectivity index (χ1n) is 5.10. The molecule has 2 atom stereocenters. The van der Waals surface area contributed by atoms with Gasteiger partial charge in [0.1, 0.15) is 0 Å². The Morgan fingerprint density at radius 2 is 1.62 bits per heavy atom. The van der Waals surface area contributed by atoms with Crippen LogP contribution in [-0.2, 0) is 0 Å². The molecule has 1 saturated heterocycles. The summed E-state index contributed by atoms with van der Waals surface area (Å²) in [5, 5.41) is 0. The van der Waals surface area contributed by atoms with Crippen molar-refractivity contribution in [3.8, 4) is 0 Å². The van der Waals surface area contributed by atoms with Crippen LogP contribution in [0.1, 0.15) is 26.7 Å². The van der Waals surface area contributed by atoms with E-state index in [1.54, 1.807) is 0 Å². The molecule has 0 radical (unpaired) electrons. The molecule has 0 unspecified atom stereocenters. The van der Waals surface area contributed by atoms with Gasteiger partial charge in [-0.1, -0.05) is 0 Å². The Kier molecular flexibility index (Phi) is 2.10. The van der Waals surface area contributed by atoms with Gasteiger partial charge in [0.2, 0.25) is 5.92 Å². The monoisotopic (exact) mass is 189 g/mol. The highest BCUT2D eigenvalue weighted by atomic mass is 19.3. The molecule has 1 saturated carbocycles. The standard InChI is InChI=1S/C10H17F2N/c1-7(2)13-5-8-3-10(11,12)4-9(8)6-13/h7-9H,3-6H2,1-2H3/t8-,9+. The van der Waals surface area contributed by atoms with Crippen LogP contribution in [0.5, 0.6) is 0 Å². The minimum atomic E-state index is -2.36. The molecule has 0 N–H and O–H groups in total. The van der Waals surface area contributed by atoms with Crippen molar-refractivity contribution in [2.75, 3.05) is 13.1 Å². The van der Waals surface area contributed by atoms with Gasteiger partial charge >= 0.3 is 0 Å². The van der Waals surface area contributed by atoms with Crippen LogP contribution < -0.4 is 0 Å². The largest absolute Gasteiger partial charge is 0.300 e. The maximum absolute atomic E-state index is 13.0.